The number of phenolic OH excluding ortho intramolecular Hbond substituents is 1. The molecule has 3 N–H and O–H groups in total. The molecule has 14 nitrogen and oxygen atoms in total. The van der Waals surface area contributed by atoms with Gasteiger partial charge in [-0.1, -0.05) is 108 Å². The van der Waals surface area contributed by atoms with Gasteiger partial charge in [-0.3, -0.25) is 4.79 Å². The Bertz CT molecular complexity index is 3030. The third kappa shape index (κ3) is 27.6. The summed E-state index contributed by atoms with van der Waals surface area (Å²) in [4.78, 5) is 45.5. The van der Waals surface area contributed by atoms with Crippen LogP contribution >= 0.6 is 75.3 Å². The minimum atomic E-state index is -0.883. The first-order valence-electron chi connectivity index (χ1n) is 26.9. The van der Waals surface area contributed by atoms with Crippen molar-refractivity contribution in [3.05, 3.63) is 138 Å². The molecule has 441 valence electrons. The van der Waals surface area contributed by atoms with Gasteiger partial charge in [-0.2, -0.15) is 0 Å². The molecule has 0 atom stereocenters. The summed E-state index contributed by atoms with van der Waals surface area (Å²) < 4.78 is 26.3. The predicted octanol–water partition coefficient (Wildman–Crippen LogP) is 8.73. The Morgan fingerprint density at radius 3 is 1.78 bits per heavy atom. The van der Waals surface area contributed by atoms with Crippen LogP contribution in [0, 0.1) is 23.7 Å². The smallest absolute Gasteiger partial charge is 1.00 e. The number of methoxy groups -OCH3 is 1. The van der Waals surface area contributed by atoms with Crippen LogP contribution in [-0.2, 0) is 56.3 Å². The molecule has 6 aromatic rings. The first-order valence-corrected chi connectivity index (χ1v) is 30.8. The molecule has 3 saturated carbocycles. The fraction of sp³-hybridized carbons (Fsp3) is 0.443. The summed E-state index contributed by atoms with van der Waals surface area (Å²) in [5.41, 5.74) is 6.34. The van der Waals surface area contributed by atoms with Crippen molar-refractivity contribution in [1.29, 1.82) is 0 Å². The summed E-state index contributed by atoms with van der Waals surface area (Å²) in [5, 5.41) is 31.1. The number of carbonyl (C=O) groups is 4. The maximum Gasteiger partial charge on any atom is 1.00 e. The Morgan fingerprint density at radius 2 is 1.34 bits per heavy atom. The number of aromatic hydroxyl groups is 1. The van der Waals surface area contributed by atoms with E-state index in [9.17, 15) is 29.4 Å². The van der Waals surface area contributed by atoms with Crippen LogP contribution in [0.15, 0.2) is 105 Å². The van der Waals surface area contributed by atoms with Crippen LogP contribution in [-0.4, -0.2) is 120 Å². The van der Waals surface area contributed by atoms with Gasteiger partial charge in [-0.05, 0) is 154 Å². The number of phenols is 1. The van der Waals surface area contributed by atoms with E-state index in [1.165, 1.54) is 67.4 Å². The van der Waals surface area contributed by atoms with Crippen molar-refractivity contribution >= 4 is 135 Å². The summed E-state index contributed by atoms with van der Waals surface area (Å²) >= 11 is 18.7. The zero-order valence-electron chi connectivity index (χ0n) is 50.7. The summed E-state index contributed by atoms with van der Waals surface area (Å²) in [6.07, 6.45) is 17.6. The number of carboxylic acid groups (broad SMARTS) is 1. The quantitative estimate of drug-likeness (QED) is 0.0330. The summed E-state index contributed by atoms with van der Waals surface area (Å²) in [6.45, 7) is 12.6. The Morgan fingerprint density at radius 1 is 0.783 bits per heavy atom. The van der Waals surface area contributed by atoms with Crippen LogP contribution in [0.5, 0.6) is 5.75 Å². The van der Waals surface area contributed by atoms with E-state index < -0.39 is 11.4 Å². The molecule has 2 aromatic heterocycles. The fourth-order valence-corrected chi connectivity index (χ4v) is 10.6. The van der Waals surface area contributed by atoms with Crippen molar-refractivity contribution in [3.63, 3.8) is 0 Å². The zero-order chi connectivity index (χ0) is 58.3. The molecule has 4 aliphatic carbocycles. The number of ether oxygens (including phenoxy) is 4. The van der Waals surface area contributed by atoms with Gasteiger partial charge >= 0.3 is 82.5 Å². The molecule has 4 fully saturated rings. The minimum absolute atomic E-state index is 0. The Balaban J connectivity index is 0.000000987. The van der Waals surface area contributed by atoms with Crippen LogP contribution in [0.3, 0.4) is 0 Å². The molecular weight excluding hydrogens is 1360 g/mol. The van der Waals surface area contributed by atoms with Crippen LogP contribution < -0.4 is 59.1 Å². The van der Waals surface area contributed by atoms with Crippen molar-refractivity contribution in [3.8, 4) is 5.75 Å². The van der Waals surface area contributed by atoms with Gasteiger partial charge in [0, 0.05) is 105 Å². The van der Waals surface area contributed by atoms with Gasteiger partial charge in [-0.15, -0.1) is 0 Å². The number of fused-ring (bicyclic) bond motifs is 3. The molecule has 0 bridgehead atoms. The van der Waals surface area contributed by atoms with E-state index in [0.29, 0.717) is 35.8 Å². The van der Waals surface area contributed by atoms with E-state index in [1.807, 2.05) is 38.2 Å². The number of benzene rings is 4. The molecule has 83 heavy (non-hydrogen) atoms. The van der Waals surface area contributed by atoms with E-state index >= 15 is 0 Å². The number of aromatic nitrogens is 2. The summed E-state index contributed by atoms with van der Waals surface area (Å²) in [6, 6.07) is 22.1. The average molecular weight is 1440 g/mol. The zero-order valence-corrected chi connectivity index (χ0v) is 59.8. The number of aliphatic hydroxyl groups is 1. The number of allylic oxidation sites excluding steroid dienone is 1. The van der Waals surface area contributed by atoms with Gasteiger partial charge in [0.2, 0.25) is 0 Å². The van der Waals surface area contributed by atoms with Crippen molar-refractivity contribution in [1.82, 2.24) is 14.0 Å². The number of hydrogen-bond acceptors (Lipinski definition) is 11. The van der Waals surface area contributed by atoms with Crippen molar-refractivity contribution < 1.29 is 115 Å². The number of likely N-dealkylation sites (N-methyl/N-ethyl adjacent to an activating group) is 1. The average Bonchev–Trinajstić information content (AvgIpc) is 4.56. The SMILES string of the molecule is BrCC1CC1.CC(C)COC(=O)Cl.CCOC(=O)Cc1ccccc1O.CN1CCOCC1.COC(=O)c1cc(Br)c2c(c1)CC=C2.O=C(O)c1cc(Br)c2ccn(CC3CC3)c2c1.OCc1cc(Br)c2ccn(CC3CC3)c2c1.[B].[H-].[H-].[Na+].[Na+]. The molecule has 4 aromatic carbocycles. The van der Waals surface area contributed by atoms with Crippen LogP contribution in [0.4, 0.5) is 4.79 Å². The van der Waals surface area contributed by atoms with Gasteiger partial charge in [-0.25, -0.2) is 14.4 Å². The second kappa shape index (κ2) is 40.1. The van der Waals surface area contributed by atoms with Crippen molar-refractivity contribution in [2.75, 3.05) is 59.0 Å². The molecular formula is C61H76BBr4ClN3Na2O11. The number of halogens is 5. The number of rotatable bonds is 13. The second-order valence-electron chi connectivity index (χ2n) is 20.4. The van der Waals surface area contributed by atoms with Gasteiger partial charge in [0.25, 0.3) is 0 Å². The Kier molecular flexibility index (Phi) is 37.1. The normalized spacial score (nSPS) is 14.3. The first kappa shape index (κ1) is 76.6. The second-order valence-corrected chi connectivity index (χ2v) is 23.9. The molecule has 0 amide bonds. The standard InChI is InChI=1S/C13H12BrNO2.C13H14BrNO.C11H9BrO2.C10H12O3.C5H9ClO2.C5H11NO.C4H7Br.B.2Na.2H/c14-11-5-9(13(16)17)6-12-10(11)3-4-15(12)7-8-1-2-8;14-12-5-10(8-16)6-13-11(12)3-4-15(13)7-9-1-2-9;1-14-11(13)8-5-7-3-2-4-9(7)10(12)6-8;1-2-13-10(12)7-8-5-3-4-6-9(8)11;1-4(2)3-8-5(6)7;1-6-2-4-7-5-3-6;5-3-4-1-2-4;;;;;/h3-6,8H,1-2,7H2,(H,16,17);3-6,9,16H,1-2,7-8H2;2,4-6H,3H2,1H3;3-6,11H,2,7H2,1H3;4H,3H2,1-2H3;2-5H2,1H3;4H,1-3H2;;;;;/q;;;;;;;;2*+1;2*-1. The number of esters is 2. The van der Waals surface area contributed by atoms with Crippen LogP contribution in [0.25, 0.3) is 27.9 Å². The molecule has 0 spiro atoms. The van der Waals surface area contributed by atoms with Gasteiger partial charge in [0.05, 0.1) is 57.7 Å². The van der Waals surface area contributed by atoms with Crippen LogP contribution in [0.1, 0.15) is 105 Å². The maximum absolute atomic E-state index is 11.3. The summed E-state index contributed by atoms with van der Waals surface area (Å²) in [5.74, 6) is 1.70. The van der Waals surface area contributed by atoms with Gasteiger partial charge in [0.15, 0.2) is 0 Å². The molecule has 5 aliphatic rings. The van der Waals surface area contributed by atoms with E-state index in [4.69, 9.17) is 26.2 Å². The predicted molar refractivity (Wildman–Crippen MR) is 339 cm³/mol. The summed E-state index contributed by atoms with van der Waals surface area (Å²) in [7, 11) is 3.50. The van der Waals surface area contributed by atoms with E-state index in [2.05, 4.69) is 125 Å². The van der Waals surface area contributed by atoms with E-state index in [-0.39, 0.29) is 101 Å². The maximum atomic E-state index is 11.3. The first-order chi connectivity index (χ1) is 38.3. The minimum Gasteiger partial charge on any atom is -1.00 e. The van der Waals surface area contributed by atoms with Gasteiger partial charge in [0.1, 0.15) is 5.75 Å². The monoisotopic (exact) mass is 1430 g/mol. The topological polar surface area (TPSA) is 179 Å². The number of nitrogens with zero attached hydrogens (tertiary/aromatic N) is 3. The third-order valence-electron chi connectivity index (χ3n) is 13.0. The van der Waals surface area contributed by atoms with Crippen molar-refractivity contribution in [2.45, 2.75) is 91.8 Å². The number of hydrogen-bond donors (Lipinski definition) is 3. The van der Waals surface area contributed by atoms with Crippen molar-refractivity contribution in [2.24, 2.45) is 23.7 Å². The molecule has 0 unspecified atom stereocenters. The van der Waals surface area contributed by atoms with E-state index in [0.717, 1.165) is 99.0 Å². The number of alkyl halides is 1. The molecule has 22 heteroatoms. The number of carboxylic acids is 1. The molecule has 3 heterocycles. The molecule has 3 radical (unpaired) electrons. The molecule has 11 rings (SSSR count). The number of para-hydroxylation sites is 1. The largest absolute Gasteiger partial charge is 1.00 e. The van der Waals surface area contributed by atoms with Gasteiger partial charge < -0.3 is 51.2 Å². The number of aromatic carboxylic acids is 1. The molecule has 1 aliphatic heterocycles. The molecule has 1 saturated heterocycles. The third-order valence-corrected chi connectivity index (χ3v) is 16.0. The van der Waals surface area contributed by atoms with E-state index in [1.54, 1.807) is 49.4 Å². The number of aliphatic hydroxyl groups excluding tert-OH is 1. The number of morpholine rings is 1. The van der Waals surface area contributed by atoms with Crippen LogP contribution in [0.2, 0.25) is 0 Å². The Labute approximate surface area is 576 Å². The Hall–Kier alpha value is -2.47. The fourth-order valence-electron chi connectivity index (χ4n) is 8.00. The number of carbonyl (C=O) groups excluding carboxylic acids is 3.